The lowest BCUT2D eigenvalue weighted by Crippen LogP contribution is -2.35. The van der Waals surface area contributed by atoms with Gasteiger partial charge in [-0.1, -0.05) is 94.9 Å². The number of aliphatic carboxylic acids is 2. The summed E-state index contributed by atoms with van der Waals surface area (Å²) >= 11 is 28.1. The first kappa shape index (κ1) is 38.9. The van der Waals surface area contributed by atoms with E-state index in [1.807, 2.05) is 6.07 Å². The maximum Gasteiger partial charge on any atom is 0.330 e. The highest BCUT2D eigenvalue weighted by Crippen LogP contribution is 2.36. The van der Waals surface area contributed by atoms with E-state index in [1.165, 1.54) is 34.8 Å². The molecule has 0 aliphatic heterocycles. The molecular weight excluding hydrogens is 814 g/mol. The second kappa shape index (κ2) is 17.1. The first-order chi connectivity index (χ1) is 25.9. The molecule has 0 aliphatic rings. The summed E-state index contributed by atoms with van der Waals surface area (Å²) in [5.41, 5.74) is 4.11. The fourth-order valence-corrected chi connectivity index (χ4v) is 8.20. The predicted octanol–water partition coefficient (Wildman–Crippen LogP) is 9.18. The zero-order valence-electron chi connectivity index (χ0n) is 27.6. The Hall–Kier alpha value is -4.82. The van der Waals surface area contributed by atoms with Crippen LogP contribution >= 0.6 is 69.1 Å². The third-order valence-electron chi connectivity index (χ3n) is 8.02. The van der Waals surface area contributed by atoms with E-state index in [0.29, 0.717) is 48.1 Å². The van der Waals surface area contributed by atoms with E-state index in [2.05, 4.69) is 20.6 Å². The van der Waals surface area contributed by atoms with Crippen molar-refractivity contribution in [2.75, 3.05) is 0 Å². The minimum Gasteiger partial charge on any atom is -0.479 e. The number of amides is 2. The lowest BCUT2D eigenvalue weighted by Gasteiger charge is -2.17. The fraction of sp³-hybridized carbons (Fsp3) is 0.105. The molecule has 2 amide bonds. The monoisotopic (exact) mass is 838 g/mol. The number of nitrogens with one attached hydrogen (secondary N) is 2. The SMILES string of the molecule is O=C(Cc1csc(-c2cccc(Cl)c2)n1)NC(C(=O)O)c1ccc(-c2ccc(-c3nc(CC(=O)NC(C(=O)O)c4ccccc4Cl)cs3)c(Cl)c2)cc1Cl. The van der Waals surface area contributed by atoms with Crippen LogP contribution in [0.4, 0.5) is 0 Å². The van der Waals surface area contributed by atoms with Gasteiger partial charge in [0.25, 0.3) is 0 Å². The summed E-state index contributed by atoms with van der Waals surface area (Å²) in [6, 6.07) is 20.9. The van der Waals surface area contributed by atoms with Crippen LogP contribution in [0, 0.1) is 0 Å². The van der Waals surface area contributed by atoms with Crippen molar-refractivity contribution in [2.24, 2.45) is 0 Å². The number of rotatable bonds is 13. The minimum absolute atomic E-state index is 0.125. The summed E-state index contributed by atoms with van der Waals surface area (Å²) in [6.07, 6.45) is -0.303. The fourth-order valence-electron chi connectivity index (χ4n) is 5.47. The van der Waals surface area contributed by atoms with Crippen LogP contribution in [0.15, 0.2) is 95.7 Å². The van der Waals surface area contributed by atoms with Crippen LogP contribution in [-0.4, -0.2) is 43.9 Å². The maximum absolute atomic E-state index is 12.9. The maximum atomic E-state index is 12.9. The lowest BCUT2D eigenvalue weighted by atomic mass is 9.99. The largest absolute Gasteiger partial charge is 0.479 e. The predicted molar refractivity (Wildman–Crippen MR) is 211 cm³/mol. The number of carbonyl (C=O) groups excluding carboxylic acids is 2. The molecule has 6 rings (SSSR count). The van der Waals surface area contributed by atoms with Gasteiger partial charge in [0.15, 0.2) is 12.1 Å². The molecule has 2 heterocycles. The van der Waals surface area contributed by atoms with E-state index < -0.39 is 35.8 Å². The van der Waals surface area contributed by atoms with E-state index in [4.69, 9.17) is 46.4 Å². The van der Waals surface area contributed by atoms with Crippen LogP contribution in [0.1, 0.15) is 34.6 Å². The van der Waals surface area contributed by atoms with Crippen molar-refractivity contribution in [3.8, 4) is 32.3 Å². The Labute approximate surface area is 336 Å². The number of carboxylic acids is 2. The topological polar surface area (TPSA) is 159 Å². The number of nitrogens with zero attached hydrogens (tertiary/aromatic N) is 2. The van der Waals surface area contributed by atoms with Crippen LogP contribution in [0.2, 0.25) is 20.1 Å². The average molecular weight is 841 g/mol. The van der Waals surface area contributed by atoms with Crippen molar-refractivity contribution < 1.29 is 29.4 Å². The van der Waals surface area contributed by atoms with Crippen LogP contribution < -0.4 is 10.6 Å². The van der Waals surface area contributed by atoms with Gasteiger partial charge in [0.05, 0.1) is 29.3 Å². The van der Waals surface area contributed by atoms with Gasteiger partial charge in [0, 0.05) is 48.1 Å². The number of aromatic nitrogens is 2. The molecule has 0 radical (unpaired) electrons. The molecule has 2 atom stereocenters. The van der Waals surface area contributed by atoms with Gasteiger partial charge in [0.1, 0.15) is 10.0 Å². The highest BCUT2D eigenvalue weighted by atomic mass is 35.5. The summed E-state index contributed by atoms with van der Waals surface area (Å²) in [6.45, 7) is 0. The average Bonchev–Trinajstić information content (AvgIpc) is 3.80. The Balaban J connectivity index is 1.11. The Morgan fingerprint density at radius 3 is 1.72 bits per heavy atom. The van der Waals surface area contributed by atoms with Crippen molar-refractivity contribution in [2.45, 2.75) is 24.9 Å². The quantitative estimate of drug-likeness (QED) is 0.0897. The summed E-state index contributed by atoms with van der Waals surface area (Å²) in [4.78, 5) is 58.9. The van der Waals surface area contributed by atoms with Crippen LogP contribution in [0.3, 0.4) is 0 Å². The molecule has 0 spiro atoms. The molecule has 10 nitrogen and oxygen atoms in total. The third kappa shape index (κ3) is 9.27. The Kier molecular flexibility index (Phi) is 12.3. The number of carbonyl (C=O) groups is 4. The third-order valence-corrected chi connectivity index (χ3v) is 11.1. The van der Waals surface area contributed by atoms with Gasteiger partial charge < -0.3 is 20.8 Å². The molecular formula is C38H26Cl4N4O6S2. The first-order valence-corrected chi connectivity index (χ1v) is 19.2. The summed E-state index contributed by atoms with van der Waals surface area (Å²) in [5, 5.41) is 30.7. The van der Waals surface area contributed by atoms with Gasteiger partial charge in [-0.15, -0.1) is 22.7 Å². The number of hydrogen-bond acceptors (Lipinski definition) is 8. The molecule has 2 aromatic heterocycles. The van der Waals surface area contributed by atoms with E-state index in [1.54, 1.807) is 77.5 Å². The molecule has 4 N–H and O–H groups in total. The van der Waals surface area contributed by atoms with Gasteiger partial charge in [0.2, 0.25) is 11.8 Å². The highest BCUT2D eigenvalue weighted by Gasteiger charge is 2.26. The van der Waals surface area contributed by atoms with Crippen molar-refractivity contribution in [3.05, 3.63) is 138 Å². The second-order valence-corrected chi connectivity index (χ2v) is 15.2. The molecule has 0 saturated carbocycles. The molecule has 16 heteroatoms. The second-order valence-electron chi connectivity index (χ2n) is 11.8. The molecule has 4 aromatic carbocycles. The van der Waals surface area contributed by atoms with Gasteiger partial charge in [-0.3, -0.25) is 9.59 Å². The molecule has 6 aromatic rings. The Morgan fingerprint density at radius 1 is 0.593 bits per heavy atom. The van der Waals surface area contributed by atoms with E-state index in [-0.39, 0.29) is 34.0 Å². The molecule has 0 fully saturated rings. The van der Waals surface area contributed by atoms with Crippen LogP contribution in [0.5, 0.6) is 0 Å². The summed E-state index contributed by atoms with van der Waals surface area (Å²) in [5.74, 6) is -3.63. The van der Waals surface area contributed by atoms with Gasteiger partial charge >= 0.3 is 11.9 Å². The van der Waals surface area contributed by atoms with Gasteiger partial charge in [-0.05, 0) is 47.5 Å². The van der Waals surface area contributed by atoms with Crippen molar-refractivity contribution in [1.82, 2.24) is 20.6 Å². The molecule has 0 saturated heterocycles. The van der Waals surface area contributed by atoms with E-state index in [0.717, 1.165) is 5.56 Å². The number of thiazole rings is 2. The van der Waals surface area contributed by atoms with Crippen molar-refractivity contribution >= 4 is 92.8 Å². The van der Waals surface area contributed by atoms with Crippen molar-refractivity contribution in [1.29, 1.82) is 0 Å². The van der Waals surface area contributed by atoms with Crippen molar-refractivity contribution in [3.63, 3.8) is 0 Å². The normalized spacial score (nSPS) is 12.1. The first-order valence-electron chi connectivity index (χ1n) is 15.9. The van der Waals surface area contributed by atoms with Gasteiger partial charge in [-0.25, -0.2) is 19.6 Å². The summed E-state index contributed by atoms with van der Waals surface area (Å²) in [7, 11) is 0. The number of benzene rings is 4. The minimum atomic E-state index is -1.41. The Bertz CT molecular complexity index is 2400. The highest BCUT2D eigenvalue weighted by molar-refractivity contribution is 7.13. The zero-order valence-corrected chi connectivity index (χ0v) is 32.2. The number of halogens is 4. The molecule has 0 bridgehead atoms. The number of carboxylic acid groups (broad SMARTS) is 2. The van der Waals surface area contributed by atoms with Crippen LogP contribution in [0.25, 0.3) is 32.3 Å². The zero-order chi connectivity index (χ0) is 38.5. The molecule has 2 unspecified atom stereocenters. The standard InChI is InChI=1S/C38H26Cl4N4O6S2/c39-22-5-3-4-21(12-22)35-43-23(17-53-35)15-31(47)46-34(38(51)52)26-10-8-19(13-29(26)41)20-9-11-27(30(42)14-20)36-44-24(18-54-36)16-32(48)45-33(37(49)50)25-6-1-2-7-28(25)40/h1-14,17-18,33-34H,15-16H2,(H,45,48)(H,46,47)(H,49,50)(H,51,52). The molecule has 274 valence electrons. The van der Waals surface area contributed by atoms with E-state index in [9.17, 15) is 29.4 Å². The number of hydrogen-bond donors (Lipinski definition) is 4. The van der Waals surface area contributed by atoms with E-state index >= 15 is 0 Å². The molecule has 54 heavy (non-hydrogen) atoms. The lowest BCUT2D eigenvalue weighted by molar-refractivity contribution is -0.142. The van der Waals surface area contributed by atoms with Gasteiger partial charge in [-0.2, -0.15) is 0 Å². The smallest absolute Gasteiger partial charge is 0.330 e. The van der Waals surface area contributed by atoms with Crippen LogP contribution in [-0.2, 0) is 32.0 Å². The Morgan fingerprint density at radius 2 is 1.15 bits per heavy atom. The summed E-state index contributed by atoms with van der Waals surface area (Å²) < 4.78 is 0. The molecule has 0 aliphatic carbocycles.